The van der Waals surface area contributed by atoms with Gasteiger partial charge in [-0.15, -0.1) is 10.2 Å². The molecule has 5 rings (SSSR count). The van der Waals surface area contributed by atoms with E-state index in [1.165, 1.54) is 5.69 Å². The van der Waals surface area contributed by atoms with E-state index in [-0.39, 0.29) is 6.10 Å². The van der Waals surface area contributed by atoms with E-state index in [1.807, 2.05) is 18.2 Å². The molecule has 0 spiro atoms. The first-order chi connectivity index (χ1) is 17.4. The van der Waals surface area contributed by atoms with E-state index in [1.54, 1.807) is 29.4 Å². The number of piperazine rings is 1. The molecule has 2 saturated heterocycles. The number of hydrogen-bond acceptors (Lipinski definition) is 7. The molecule has 2 atom stereocenters. The predicted octanol–water partition coefficient (Wildman–Crippen LogP) is 4.46. The quantitative estimate of drug-likeness (QED) is 0.425. The van der Waals surface area contributed by atoms with Crippen LogP contribution in [0.5, 0.6) is 5.75 Å². The fourth-order valence-corrected chi connectivity index (χ4v) is 5.29. The Labute approximate surface area is 221 Å². The van der Waals surface area contributed by atoms with Gasteiger partial charge < -0.3 is 23.7 Å². The van der Waals surface area contributed by atoms with Crippen molar-refractivity contribution in [1.29, 1.82) is 0 Å². The van der Waals surface area contributed by atoms with Crippen molar-refractivity contribution in [3.63, 3.8) is 0 Å². The predicted molar refractivity (Wildman–Crippen MR) is 140 cm³/mol. The highest BCUT2D eigenvalue weighted by Gasteiger charge is 2.45. The number of hydrogen-bond donors (Lipinski definition) is 0. The molecule has 2 fully saturated rings. The van der Waals surface area contributed by atoms with Crippen molar-refractivity contribution in [3.05, 3.63) is 70.7 Å². The number of aromatic nitrogens is 3. The number of halogens is 2. The van der Waals surface area contributed by atoms with Crippen LogP contribution in [0.3, 0.4) is 0 Å². The summed E-state index contributed by atoms with van der Waals surface area (Å²) < 4.78 is 20.5. The van der Waals surface area contributed by atoms with Gasteiger partial charge >= 0.3 is 0 Å². The molecule has 192 valence electrons. The Hall–Kier alpha value is -2.36. The molecule has 8 nitrogen and oxygen atoms in total. The summed E-state index contributed by atoms with van der Waals surface area (Å²) in [6.45, 7) is 9.80. The van der Waals surface area contributed by atoms with Gasteiger partial charge in [-0.1, -0.05) is 29.3 Å². The molecule has 0 saturated carbocycles. The van der Waals surface area contributed by atoms with Crippen molar-refractivity contribution in [2.45, 2.75) is 38.3 Å². The van der Waals surface area contributed by atoms with Crippen LogP contribution in [0.15, 0.2) is 55.1 Å². The lowest BCUT2D eigenvalue weighted by atomic mass is 10.1. The highest BCUT2D eigenvalue weighted by molar-refractivity contribution is 6.35. The summed E-state index contributed by atoms with van der Waals surface area (Å²) in [7, 11) is 0. The van der Waals surface area contributed by atoms with Crippen LogP contribution in [-0.2, 0) is 21.8 Å². The second-order valence-electron chi connectivity index (χ2n) is 9.48. The monoisotopic (exact) mass is 531 g/mol. The lowest BCUT2D eigenvalue weighted by molar-refractivity contribution is -0.189. The van der Waals surface area contributed by atoms with Crippen molar-refractivity contribution >= 4 is 28.9 Å². The summed E-state index contributed by atoms with van der Waals surface area (Å²) >= 11 is 12.7. The Bertz CT molecular complexity index is 1140. The molecule has 36 heavy (non-hydrogen) atoms. The summed E-state index contributed by atoms with van der Waals surface area (Å²) in [4.78, 5) is 4.93. The van der Waals surface area contributed by atoms with Crippen molar-refractivity contribution in [2.75, 3.05) is 44.3 Å². The summed E-state index contributed by atoms with van der Waals surface area (Å²) in [6.07, 6.45) is 2.95. The third-order valence-corrected chi connectivity index (χ3v) is 7.29. The molecule has 10 heteroatoms. The van der Waals surface area contributed by atoms with Gasteiger partial charge in [0, 0.05) is 48.5 Å². The molecule has 0 aliphatic carbocycles. The van der Waals surface area contributed by atoms with E-state index in [9.17, 15) is 0 Å². The molecule has 0 amide bonds. The number of anilines is 1. The van der Waals surface area contributed by atoms with Crippen LogP contribution >= 0.6 is 23.2 Å². The number of benzene rings is 2. The second kappa shape index (κ2) is 10.9. The SMILES string of the molecule is CC(C)N1CCN(c2ccc(OC[C@@H]3CO[C@@](Cn4cnnc4)(c4ccc(Cl)cc4Cl)O3)cc2)CC1. The molecule has 0 bridgehead atoms. The van der Waals surface area contributed by atoms with Gasteiger partial charge in [0.2, 0.25) is 5.79 Å². The van der Waals surface area contributed by atoms with E-state index in [4.69, 9.17) is 37.4 Å². The molecule has 1 aromatic heterocycles. The second-order valence-corrected chi connectivity index (χ2v) is 10.3. The Morgan fingerprint density at radius 1 is 1.03 bits per heavy atom. The summed E-state index contributed by atoms with van der Waals surface area (Å²) in [6, 6.07) is 14.2. The molecular formula is C26H31Cl2N5O3. The largest absolute Gasteiger partial charge is 0.491 e. The standard InChI is InChI=1S/C26H31Cl2N5O3/c1-19(2)32-9-11-33(12-10-32)21-4-6-22(7-5-21)34-14-23-15-35-26(36-23,16-31-17-29-30-18-31)24-8-3-20(27)13-25(24)28/h3-8,13,17-19,23H,9-12,14-16H2,1-2H3/t23-,26-/m1/s1. The van der Waals surface area contributed by atoms with Gasteiger partial charge in [-0.05, 0) is 50.2 Å². The molecule has 0 radical (unpaired) electrons. The first-order valence-electron chi connectivity index (χ1n) is 12.2. The smallest absolute Gasteiger partial charge is 0.215 e. The van der Waals surface area contributed by atoms with Gasteiger partial charge in [0.05, 0.1) is 18.2 Å². The molecular weight excluding hydrogens is 501 g/mol. The number of ether oxygens (including phenoxy) is 3. The lowest BCUT2D eigenvalue weighted by Gasteiger charge is -2.38. The van der Waals surface area contributed by atoms with Crippen LogP contribution in [-0.4, -0.2) is 71.2 Å². The molecule has 3 heterocycles. The van der Waals surface area contributed by atoms with E-state index >= 15 is 0 Å². The van der Waals surface area contributed by atoms with Gasteiger partial charge in [-0.2, -0.15) is 0 Å². The van der Waals surface area contributed by atoms with Gasteiger partial charge in [0.15, 0.2) is 0 Å². The number of nitrogens with zero attached hydrogens (tertiary/aromatic N) is 5. The maximum atomic E-state index is 6.54. The van der Waals surface area contributed by atoms with Gasteiger partial charge in [0.25, 0.3) is 0 Å². The zero-order valence-corrected chi connectivity index (χ0v) is 22.0. The van der Waals surface area contributed by atoms with Gasteiger partial charge in [0.1, 0.15) is 31.1 Å². The minimum Gasteiger partial charge on any atom is -0.491 e. The molecule has 0 N–H and O–H groups in total. The normalized spacial score (nSPS) is 22.9. The average Bonchev–Trinajstić information content (AvgIpc) is 3.54. The minimum absolute atomic E-state index is 0.281. The van der Waals surface area contributed by atoms with Crippen LogP contribution in [0.2, 0.25) is 10.0 Å². The Kier molecular flexibility index (Phi) is 7.69. The molecule has 2 aliphatic heterocycles. The molecule has 0 unspecified atom stereocenters. The molecule has 2 aromatic carbocycles. The average molecular weight is 532 g/mol. The minimum atomic E-state index is -1.10. The van der Waals surface area contributed by atoms with E-state index in [2.05, 4.69) is 46.0 Å². The lowest BCUT2D eigenvalue weighted by Crippen LogP contribution is -2.48. The fraction of sp³-hybridized carbons (Fsp3) is 0.462. The third kappa shape index (κ3) is 5.63. The maximum absolute atomic E-state index is 6.54. The topological polar surface area (TPSA) is 64.9 Å². The van der Waals surface area contributed by atoms with Crippen molar-refractivity contribution in [2.24, 2.45) is 0 Å². The Morgan fingerprint density at radius 3 is 2.42 bits per heavy atom. The summed E-state index contributed by atoms with van der Waals surface area (Å²) in [5, 5.41) is 8.80. The first kappa shape index (κ1) is 25.3. The van der Waals surface area contributed by atoms with Crippen LogP contribution in [0.25, 0.3) is 0 Å². The van der Waals surface area contributed by atoms with Crippen molar-refractivity contribution in [3.8, 4) is 5.75 Å². The van der Waals surface area contributed by atoms with Crippen LogP contribution < -0.4 is 9.64 Å². The Morgan fingerprint density at radius 2 is 1.75 bits per heavy atom. The highest BCUT2D eigenvalue weighted by atomic mass is 35.5. The molecule has 2 aliphatic rings. The zero-order valence-electron chi connectivity index (χ0n) is 20.5. The van der Waals surface area contributed by atoms with E-state index < -0.39 is 5.79 Å². The highest BCUT2D eigenvalue weighted by Crippen LogP contribution is 2.40. The van der Waals surface area contributed by atoms with Gasteiger partial charge in [-0.25, -0.2) is 0 Å². The fourth-order valence-electron chi connectivity index (χ4n) is 4.74. The van der Waals surface area contributed by atoms with Gasteiger partial charge in [-0.3, -0.25) is 4.90 Å². The molecule has 3 aromatic rings. The van der Waals surface area contributed by atoms with E-state index in [0.29, 0.717) is 41.4 Å². The van der Waals surface area contributed by atoms with Crippen LogP contribution in [0.1, 0.15) is 19.4 Å². The Balaban J connectivity index is 1.21. The van der Waals surface area contributed by atoms with Crippen molar-refractivity contribution in [1.82, 2.24) is 19.7 Å². The maximum Gasteiger partial charge on any atom is 0.215 e. The third-order valence-electron chi connectivity index (χ3n) is 6.74. The van der Waals surface area contributed by atoms with Crippen molar-refractivity contribution < 1.29 is 14.2 Å². The van der Waals surface area contributed by atoms with Crippen LogP contribution in [0, 0.1) is 0 Å². The zero-order chi connectivity index (χ0) is 25.1. The summed E-state index contributed by atoms with van der Waals surface area (Å²) in [5.74, 6) is -0.302. The van der Waals surface area contributed by atoms with E-state index in [0.717, 1.165) is 31.9 Å². The number of rotatable bonds is 8. The van der Waals surface area contributed by atoms with Crippen LogP contribution in [0.4, 0.5) is 5.69 Å². The summed E-state index contributed by atoms with van der Waals surface area (Å²) in [5.41, 5.74) is 1.92. The first-order valence-corrected chi connectivity index (χ1v) is 13.0.